The third-order valence-corrected chi connectivity index (χ3v) is 4.38. The van der Waals surface area contributed by atoms with E-state index in [1.807, 2.05) is 11.0 Å². The molecular formula is C12H12Br2ClNO. The summed E-state index contributed by atoms with van der Waals surface area (Å²) < 4.78 is 0.873. The van der Waals surface area contributed by atoms with Crippen LogP contribution in [-0.2, 0) is 0 Å². The summed E-state index contributed by atoms with van der Waals surface area (Å²) in [5.74, 6) is 0.0143. The molecule has 1 aliphatic rings. The second-order valence-electron chi connectivity index (χ2n) is 4.11. The molecule has 1 aromatic carbocycles. The lowest BCUT2D eigenvalue weighted by atomic mass is 10.1. The molecule has 1 fully saturated rings. The molecule has 0 aliphatic carbocycles. The molecule has 0 N–H and O–H groups in total. The van der Waals surface area contributed by atoms with Gasteiger partial charge in [0.1, 0.15) is 0 Å². The third kappa shape index (κ3) is 3.24. The van der Waals surface area contributed by atoms with Gasteiger partial charge in [0.15, 0.2) is 0 Å². The first-order chi connectivity index (χ1) is 8.08. The van der Waals surface area contributed by atoms with Gasteiger partial charge in [0.05, 0.1) is 10.6 Å². The molecule has 5 heteroatoms. The molecule has 1 saturated heterocycles. The first-order valence-electron chi connectivity index (χ1n) is 5.46. The molecule has 1 unspecified atom stereocenters. The number of halogens is 3. The maximum atomic E-state index is 12.3. The summed E-state index contributed by atoms with van der Waals surface area (Å²) in [7, 11) is 0. The molecule has 92 valence electrons. The zero-order valence-electron chi connectivity index (χ0n) is 9.13. The van der Waals surface area contributed by atoms with Crippen molar-refractivity contribution in [1.82, 2.24) is 4.90 Å². The number of alkyl halides is 1. The van der Waals surface area contributed by atoms with E-state index in [1.165, 1.54) is 0 Å². The van der Waals surface area contributed by atoms with E-state index >= 15 is 0 Å². The van der Waals surface area contributed by atoms with Crippen LogP contribution in [0.3, 0.4) is 0 Å². The Morgan fingerprint density at radius 2 is 2.24 bits per heavy atom. The number of piperidine rings is 1. The number of hydrogen-bond donors (Lipinski definition) is 0. The zero-order valence-corrected chi connectivity index (χ0v) is 13.1. The fourth-order valence-electron chi connectivity index (χ4n) is 1.94. The second-order valence-corrected chi connectivity index (χ2v) is 6.73. The number of nitrogens with zero attached hydrogens (tertiary/aromatic N) is 1. The molecule has 2 nitrogen and oxygen atoms in total. The predicted octanol–water partition coefficient (Wildman–Crippen LogP) is 4.10. The Labute approximate surface area is 123 Å². The van der Waals surface area contributed by atoms with Crippen LogP contribution in [-0.4, -0.2) is 28.7 Å². The molecule has 2 rings (SSSR count). The number of amides is 1. The van der Waals surface area contributed by atoms with Gasteiger partial charge in [-0.2, -0.15) is 0 Å². The van der Waals surface area contributed by atoms with Crippen LogP contribution in [0.4, 0.5) is 0 Å². The Balaban J connectivity index is 2.21. The summed E-state index contributed by atoms with van der Waals surface area (Å²) in [4.78, 5) is 14.6. The second kappa shape index (κ2) is 5.72. The van der Waals surface area contributed by atoms with E-state index in [-0.39, 0.29) is 5.91 Å². The Kier molecular flexibility index (Phi) is 4.50. The SMILES string of the molecule is O=C(c1cc(Br)ccc1Cl)N1CCCC(Br)C1. The number of likely N-dealkylation sites (tertiary alicyclic amines) is 1. The molecule has 0 spiro atoms. The smallest absolute Gasteiger partial charge is 0.255 e. The first-order valence-corrected chi connectivity index (χ1v) is 7.55. The maximum absolute atomic E-state index is 12.3. The van der Waals surface area contributed by atoms with Crippen molar-refractivity contribution >= 4 is 49.4 Å². The first kappa shape index (κ1) is 13.4. The van der Waals surface area contributed by atoms with Crippen LogP contribution in [0.25, 0.3) is 0 Å². The van der Waals surface area contributed by atoms with Gasteiger partial charge in [0.2, 0.25) is 0 Å². The van der Waals surface area contributed by atoms with E-state index in [2.05, 4.69) is 31.9 Å². The van der Waals surface area contributed by atoms with Gasteiger partial charge in [0, 0.05) is 22.4 Å². The number of carbonyl (C=O) groups is 1. The van der Waals surface area contributed by atoms with Crippen LogP contribution in [0.5, 0.6) is 0 Å². The Morgan fingerprint density at radius 3 is 2.94 bits per heavy atom. The Bertz CT molecular complexity index is 439. The molecular weight excluding hydrogens is 369 g/mol. The van der Waals surface area contributed by atoms with Crippen molar-refractivity contribution in [2.24, 2.45) is 0 Å². The third-order valence-electron chi connectivity index (χ3n) is 2.81. The highest BCUT2D eigenvalue weighted by atomic mass is 79.9. The van der Waals surface area contributed by atoms with Crippen LogP contribution in [0.15, 0.2) is 22.7 Å². The van der Waals surface area contributed by atoms with E-state index < -0.39 is 0 Å². The molecule has 1 aliphatic heterocycles. The summed E-state index contributed by atoms with van der Waals surface area (Å²) >= 11 is 13.0. The Hall–Kier alpha value is -0.0600. The van der Waals surface area contributed by atoms with E-state index in [0.29, 0.717) is 15.4 Å². The average molecular weight is 381 g/mol. The standard InChI is InChI=1S/C12H12Br2ClNO/c13-8-3-4-11(15)10(6-8)12(17)16-5-1-2-9(14)7-16/h3-4,6,9H,1-2,5,7H2. The summed E-state index contributed by atoms with van der Waals surface area (Å²) in [6.45, 7) is 1.56. The number of rotatable bonds is 1. The van der Waals surface area contributed by atoms with Crippen molar-refractivity contribution in [3.8, 4) is 0 Å². The van der Waals surface area contributed by atoms with E-state index in [4.69, 9.17) is 11.6 Å². The van der Waals surface area contributed by atoms with Crippen molar-refractivity contribution in [1.29, 1.82) is 0 Å². The number of benzene rings is 1. The minimum Gasteiger partial charge on any atom is -0.337 e. The zero-order chi connectivity index (χ0) is 12.4. The predicted molar refractivity (Wildman–Crippen MR) is 77.0 cm³/mol. The summed E-state index contributed by atoms with van der Waals surface area (Å²) in [5, 5.41) is 0.509. The van der Waals surface area contributed by atoms with Gasteiger partial charge in [-0.05, 0) is 31.0 Å². The largest absolute Gasteiger partial charge is 0.337 e. The molecule has 1 amide bonds. The Morgan fingerprint density at radius 1 is 1.47 bits per heavy atom. The van der Waals surface area contributed by atoms with Gasteiger partial charge in [-0.3, -0.25) is 4.79 Å². The van der Waals surface area contributed by atoms with Crippen molar-refractivity contribution in [2.45, 2.75) is 17.7 Å². The van der Waals surface area contributed by atoms with Crippen LogP contribution >= 0.6 is 43.5 Å². The quantitative estimate of drug-likeness (QED) is 0.671. The summed E-state index contributed by atoms with van der Waals surface area (Å²) in [5.41, 5.74) is 0.572. The van der Waals surface area contributed by atoms with Crippen LogP contribution in [0.1, 0.15) is 23.2 Å². The maximum Gasteiger partial charge on any atom is 0.255 e. The van der Waals surface area contributed by atoms with E-state index in [0.717, 1.165) is 30.4 Å². The normalized spacial score (nSPS) is 20.4. The molecule has 0 bridgehead atoms. The van der Waals surface area contributed by atoms with Crippen LogP contribution in [0.2, 0.25) is 5.02 Å². The van der Waals surface area contributed by atoms with Crippen LogP contribution in [0, 0.1) is 0 Å². The molecule has 0 saturated carbocycles. The van der Waals surface area contributed by atoms with Crippen molar-refractivity contribution in [2.75, 3.05) is 13.1 Å². The van der Waals surface area contributed by atoms with Crippen molar-refractivity contribution in [3.05, 3.63) is 33.3 Å². The van der Waals surface area contributed by atoms with Gasteiger partial charge in [-0.1, -0.05) is 43.5 Å². The highest BCUT2D eigenvalue weighted by Gasteiger charge is 2.24. The van der Waals surface area contributed by atoms with Crippen molar-refractivity contribution < 1.29 is 4.79 Å². The van der Waals surface area contributed by atoms with E-state index in [9.17, 15) is 4.79 Å². The molecule has 0 radical (unpaired) electrons. The number of hydrogen-bond acceptors (Lipinski definition) is 1. The minimum atomic E-state index is 0.0143. The van der Waals surface area contributed by atoms with Gasteiger partial charge < -0.3 is 4.90 Å². The highest BCUT2D eigenvalue weighted by molar-refractivity contribution is 9.10. The molecule has 1 heterocycles. The average Bonchev–Trinajstić information content (AvgIpc) is 2.31. The van der Waals surface area contributed by atoms with Crippen molar-refractivity contribution in [3.63, 3.8) is 0 Å². The van der Waals surface area contributed by atoms with Gasteiger partial charge in [0.25, 0.3) is 5.91 Å². The molecule has 1 aromatic rings. The molecule has 17 heavy (non-hydrogen) atoms. The van der Waals surface area contributed by atoms with Gasteiger partial charge in [-0.25, -0.2) is 0 Å². The summed E-state index contributed by atoms with van der Waals surface area (Å²) in [6.07, 6.45) is 2.16. The lowest BCUT2D eigenvalue weighted by molar-refractivity contribution is 0.0730. The summed E-state index contributed by atoms with van der Waals surface area (Å²) in [6, 6.07) is 5.36. The fraction of sp³-hybridized carbons (Fsp3) is 0.417. The topological polar surface area (TPSA) is 20.3 Å². The lowest BCUT2D eigenvalue weighted by Gasteiger charge is -2.30. The monoisotopic (exact) mass is 379 g/mol. The highest BCUT2D eigenvalue weighted by Crippen LogP contribution is 2.25. The fourth-order valence-corrected chi connectivity index (χ4v) is 3.17. The lowest BCUT2D eigenvalue weighted by Crippen LogP contribution is -2.40. The van der Waals surface area contributed by atoms with Gasteiger partial charge >= 0.3 is 0 Å². The van der Waals surface area contributed by atoms with Crippen LogP contribution < -0.4 is 0 Å². The molecule has 1 atom stereocenters. The van der Waals surface area contributed by atoms with E-state index in [1.54, 1.807) is 12.1 Å². The van der Waals surface area contributed by atoms with Gasteiger partial charge in [-0.15, -0.1) is 0 Å². The molecule has 0 aromatic heterocycles. The minimum absolute atomic E-state index is 0.0143. The number of carbonyl (C=O) groups excluding carboxylic acids is 1.